The highest BCUT2D eigenvalue weighted by Crippen LogP contribution is 2.30. The summed E-state index contributed by atoms with van der Waals surface area (Å²) in [5, 5.41) is 9.38. The van der Waals surface area contributed by atoms with Gasteiger partial charge in [0.25, 0.3) is 0 Å². The molecule has 0 amide bonds. The van der Waals surface area contributed by atoms with Gasteiger partial charge in [-0.3, -0.25) is 0 Å². The number of phenols is 1. The third-order valence-electron chi connectivity index (χ3n) is 4.11. The van der Waals surface area contributed by atoms with Crippen LogP contribution in [0.4, 0.5) is 0 Å². The first-order chi connectivity index (χ1) is 9.68. The molecule has 0 saturated carbocycles. The van der Waals surface area contributed by atoms with Gasteiger partial charge in [-0.25, -0.2) is 0 Å². The monoisotopic (exact) mass is 282 g/mol. The van der Waals surface area contributed by atoms with E-state index in [0.717, 1.165) is 6.42 Å². The maximum Gasteiger partial charge on any atom is 0.115 e. The fourth-order valence-corrected chi connectivity index (χ4v) is 2.65. The molecule has 0 aliphatic rings. The molecule has 1 heteroatoms. The van der Waals surface area contributed by atoms with Crippen LogP contribution in [0.5, 0.6) is 5.75 Å². The Kier molecular flexibility index (Phi) is 4.13. The van der Waals surface area contributed by atoms with Crippen LogP contribution in [-0.2, 0) is 17.3 Å². The highest BCUT2D eigenvalue weighted by Gasteiger charge is 2.22. The van der Waals surface area contributed by atoms with Gasteiger partial charge in [0.05, 0.1) is 0 Å². The Morgan fingerprint density at radius 2 is 1.19 bits per heavy atom. The van der Waals surface area contributed by atoms with Crippen molar-refractivity contribution in [1.29, 1.82) is 0 Å². The van der Waals surface area contributed by atoms with Crippen LogP contribution in [0, 0.1) is 0 Å². The van der Waals surface area contributed by atoms with Gasteiger partial charge in [0, 0.05) is 0 Å². The van der Waals surface area contributed by atoms with E-state index < -0.39 is 0 Å². The Morgan fingerprint density at radius 3 is 1.67 bits per heavy atom. The molecule has 112 valence electrons. The number of phenolic OH excluding ortho intramolecular Hbond substituents is 1. The summed E-state index contributed by atoms with van der Waals surface area (Å²) in [5.41, 5.74) is 4.24. The fourth-order valence-electron chi connectivity index (χ4n) is 2.65. The topological polar surface area (TPSA) is 20.2 Å². The second-order valence-corrected chi connectivity index (χ2v) is 7.55. The van der Waals surface area contributed by atoms with Crippen molar-refractivity contribution in [1.82, 2.24) is 0 Å². The summed E-state index contributed by atoms with van der Waals surface area (Å²) in [7, 11) is 0. The third-order valence-corrected chi connectivity index (χ3v) is 4.11. The Morgan fingerprint density at radius 1 is 0.714 bits per heavy atom. The Balaban J connectivity index is 2.21. The SMILES string of the molecule is CC(C)(C)c1ccc(C(C)(C)Cc2ccc(O)cc2)cc1. The Bertz CT molecular complexity index is 583. The summed E-state index contributed by atoms with van der Waals surface area (Å²) in [6, 6.07) is 16.5. The van der Waals surface area contributed by atoms with E-state index in [1.54, 1.807) is 12.1 Å². The van der Waals surface area contributed by atoms with Gasteiger partial charge in [0.15, 0.2) is 0 Å². The summed E-state index contributed by atoms with van der Waals surface area (Å²) in [4.78, 5) is 0. The average Bonchev–Trinajstić information content (AvgIpc) is 2.40. The number of rotatable bonds is 3. The molecule has 21 heavy (non-hydrogen) atoms. The molecule has 2 rings (SSSR count). The summed E-state index contributed by atoms with van der Waals surface area (Å²) in [6.45, 7) is 11.3. The van der Waals surface area contributed by atoms with E-state index in [4.69, 9.17) is 0 Å². The van der Waals surface area contributed by atoms with Crippen LogP contribution >= 0.6 is 0 Å². The minimum absolute atomic E-state index is 0.0768. The number of benzene rings is 2. The first kappa shape index (κ1) is 15.6. The molecule has 0 atom stereocenters. The maximum absolute atomic E-state index is 9.38. The second kappa shape index (κ2) is 5.55. The van der Waals surface area contributed by atoms with Crippen molar-refractivity contribution in [2.24, 2.45) is 0 Å². The Hall–Kier alpha value is -1.76. The normalized spacial score (nSPS) is 12.4. The number of hydrogen-bond donors (Lipinski definition) is 1. The molecule has 1 nitrogen and oxygen atoms in total. The van der Waals surface area contributed by atoms with Crippen molar-refractivity contribution in [3.8, 4) is 5.75 Å². The highest BCUT2D eigenvalue weighted by atomic mass is 16.3. The summed E-state index contributed by atoms with van der Waals surface area (Å²) in [6.07, 6.45) is 0.960. The predicted molar refractivity (Wildman–Crippen MR) is 90.0 cm³/mol. The number of hydrogen-bond acceptors (Lipinski definition) is 1. The molecule has 0 heterocycles. The van der Waals surface area contributed by atoms with Crippen LogP contribution in [0.25, 0.3) is 0 Å². The standard InChI is InChI=1S/C20H26O/c1-19(2,3)16-8-10-17(11-9-16)20(4,5)14-15-6-12-18(21)13-7-15/h6-13,21H,14H2,1-5H3. The van der Waals surface area contributed by atoms with Gasteiger partial charge in [-0.05, 0) is 46.1 Å². The van der Waals surface area contributed by atoms with Crippen molar-refractivity contribution in [2.45, 2.75) is 51.9 Å². The fraction of sp³-hybridized carbons (Fsp3) is 0.400. The van der Waals surface area contributed by atoms with E-state index in [1.807, 2.05) is 12.1 Å². The van der Waals surface area contributed by atoms with Gasteiger partial charge in [-0.2, -0.15) is 0 Å². The lowest BCUT2D eigenvalue weighted by molar-refractivity contribution is 0.474. The molecule has 0 aromatic heterocycles. The minimum atomic E-state index is 0.0768. The molecule has 0 saturated heterocycles. The molecule has 1 N–H and O–H groups in total. The molecule has 0 aliphatic heterocycles. The average molecular weight is 282 g/mol. The lowest BCUT2D eigenvalue weighted by Crippen LogP contribution is -2.21. The van der Waals surface area contributed by atoms with Crippen molar-refractivity contribution in [2.75, 3.05) is 0 Å². The van der Waals surface area contributed by atoms with Crippen LogP contribution in [0.1, 0.15) is 51.3 Å². The van der Waals surface area contributed by atoms with E-state index in [9.17, 15) is 5.11 Å². The van der Waals surface area contributed by atoms with Crippen LogP contribution in [0.2, 0.25) is 0 Å². The van der Waals surface area contributed by atoms with Crippen molar-refractivity contribution in [3.05, 3.63) is 65.2 Å². The summed E-state index contributed by atoms with van der Waals surface area (Å²) >= 11 is 0. The van der Waals surface area contributed by atoms with Gasteiger partial charge in [-0.15, -0.1) is 0 Å². The van der Waals surface area contributed by atoms with Crippen LogP contribution in [0.3, 0.4) is 0 Å². The molecular weight excluding hydrogens is 256 g/mol. The zero-order valence-electron chi connectivity index (χ0n) is 13.8. The molecule has 0 bridgehead atoms. The lowest BCUT2D eigenvalue weighted by Gasteiger charge is -2.27. The van der Waals surface area contributed by atoms with Gasteiger partial charge >= 0.3 is 0 Å². The largest absolute Gasteiger partial charge is 0.508 e. The molecule has 2 aromatic rings. The van der Waals surface area contributed by atoms with Crippen LogP contribution < -0.4 is 0 Å². The minimum Gasteiger partial charge on any atom is -0.508 e. The van der Waals surface area contributed by atoms with Crippen molar-refractivity contribution >= 4 is 0 Å². The predicted octanol–water partition coefficient (Wildman–Crippen LogP) is 5.21. The van der Waals surface area contributed by atoms with Crippen LogP contribution in [-0.4, -0.2) is 5.11 Å². The van der Waals surface area contributed by atoms with E-state index in [2.05, 4.69) is 58.9 Å². The lowest BCUT2D eigenvalue weighted by atomic mass is 9.77. The number of aromatic hydroxyl groups is 1. The maximum atomic E-state index is 9.38. The first-order valence-electron chi connectivity index (χ1n) is 7.57. The third kappa shape index (κ3) is 3.87. The molecule has 2 aromatic carbocycles. The molecule has 0 aliphatic carbocycles. The second-order valence-electron chi connectivity index (χ2n) is 7.55. The van der Waals surface area contributed by atoms with Crippen molar-refractivity contribution in [3.63, 3.8) is 0 Å². The zero-order chi connectivity index (χ0) is 15.7. The van der Waals surface area contributed by atoms with Crippen LogP contribution in [0.15, 0.2) is 48.5 Å². The molecule has 0 unspecified atom stereocenters. The molecule has 0 radical (unpaired) electrons. The zero-order valence-corrected chi connectivity index (χ0v) is 13.8. The summed E-state index contributed by atoms with van der Waals surface area (Å²) < 4.78 is 0. The first-order valence-corrected chi connectivity index (χ1v) is 7.57. The van der Waals surface area contributed by atoms with Gasteiger partial charge in [-0.1, -0.05) is 71.0 Å². The van der Waals surface area contributed by atoms with Gasteiger partial charge in [0.2, 0.25) is 0 Å². The van der Waals surface area contributed by atoms with E-state index in [0.29, 0.717) is 5.75 Å². The van der Waals surface area contributed by atoms with E-state index in [-0.39, 0.29) is 10.8 Å². The molecular formula is C20H26O. The van der Waals surface area contributed by atoms with E-state index in [1.165, 1.54) is 16.7 Å². The highest BCUT2D eigenvalue weighted by molar-refractivity contribution is 5.34. The molecule has 0 spiro atoms. The van der Waals surface area contributed by atoms with E-state index >= 15 is 0 Å². The Labute approximate surface area is 128 Å². The molecule has 0 fully saturated rings. The van der Waals surface area contributed by atoms with Gasteiger partial charge < -0.3 is 5.11 Å². The summed E-state index contributed by atoms with van der Waals surface area (Å²) in [5.74, 6) is 0.325. The smallest absolute Gasteiger partial charge is 0.115 e. The van der Waals surface area contributed by atoms with Crippen molar-refractivity contribution < 1.29 is 5.11 Å². The van der Waals surface area contributed by atoms with Gasteiger partial charge in [0.1, 0.15) is 5.75 Å². The quantitative estimate of drug-likeness (QED) is 0.819.